The fourth-order valence-corrected chi connectivity index (χ4v) is 2.74. The summed E-state index contributed by atoms with van der Waals surface area (Å²) in [5, 5.41) is 7.69. The minimum atomic E-state index is 0.737. The Balaban J connectivity index is 1.62. The van der Waals surface area contributed by atoms with Gasteiger partial charge in [0.2, 0.25) is 0 Å². The van der Waals surface area contributed by atoms with Gasteiger partial charge >= 0.3 is 0 Å². The first-order valence-electron chi connectivity index (χ1n) is 6.90. The zero-order valence-corrected chi connectivity index (χ0v) is 11.2. The Morgan fingerprint density at radius 3 is 2.55 bits per heavy atom. The largest absolute Gasteiger partial charge is 0.379 e. The highest BCUT2D eigenvalue weighted by Gasteiger charge is 2.19. The summed E-state index contributed by atoms with van der Waals surface area (Å²) >= 11 is 0. The monoisotopic (exact) mass is 268 g/mol. The van der Waals surface area contributed by atoms with Crippen molar-refractivity contribution < 1.29 is 0 Å². The molecule has 1 fully saturated rings. The quantitative estimate of drug-likeness (QED) is 0.890. The minimum absolute atomic E-state index is 0.737. The van der Waals surface area contributed by atoms with Crippen LogP contribution >= 0.6 is 0 Å². The first kappa shape index (κ1) is 11.5. The summed E-state index contributed by atoms with van der Waals surface area (Å²) in [4.78, 5) is 11.3. The number of anilines is 1. The number of fused-ring (bicyclic) bond motifs is 1. The average molecular weight is 268 g/mol. The Hall–Kier alpha value is -2.37. The maximum Gasteiger partial charge on any atom is 0.171 e. The average Bonchev–Trinajstić information content (AvgIpc) is 3.18. The highest BCUT2D eigenvalue weighted by molar-refractivity contribution is 5.67. The van der Waals surface area contributed by atoms with Gasteiger partial charge in [0.05, 0.1) is 24.6 Å². The van der Waals surface area contributed by atoms with Crippen molar-refractivity contribution in [1.82, 2.24) is 25.1 Å². The molecule has 0 unspecified atom stereocenters. The van der Waals surface area contributed by atoms with E-state index in [2.05, 4.69) is 31.9 Å². The molecule has 0 amide bonds. The molecule has 0 radical (unpaired) electrons. The molecule has 0 bridgehead atoms. The fraction of sp³-hybridized carbons (Fsp3) is 0.357. The maximum absolute atomic E-state index is 4.52. The van der Waals surface area contributed by atoms with E-state index in [4.69, 9.17) is 0 Å². The highest BCUT2D eigenvalue weighted by Crippen LogP contribution is 2.23. The summed E-state index contributed by atoms with van der Waals surface area (Å²) in [5.74, 6) is 1.70. The molecule has 102 valence electrons. The molecule has 2 aliphatic heterocycles. The number of nitrogens with one attached hydrogen (secondary N) is 1. The normalized spacial score (nSPS) is 17.4. The number of rotatable bonds is 2. The van der Waals surface area contributed by atoms with Gasteiger partial charge in [0.1, 0.15) is 5.82 Å². The predicted molar refractivity (Wildman–Crippen MR) is 76.5 cm³/mol. The molecular weight excluding hydrogens is 252 g/mol. The molecule has 6 heteroatoms. The van der Waals surface area contributed by atoms with Crippen molar-refractivity contribution in [2.24, 2.45) is 0 Å². The molecule has 0 saturated carbocycles. The highest BCUT2D eigenvalue weighted by atomic mass is 15.3. The Morgan fingerprint density at radius 1 is 1.10 bits per heavy atom. The van der Waals surface area contributed by atoms with Gasteiger partial charge in [-0.1, -0.05) is 6.58 Å². The van der Waals surface area contributed by atoms with Crippen LogP contribution in [0.15, 0.2) is 25.2 Å². The van der Waals surface area contributed by atoms with Crippen molar-refractivity contribution in [3.63, 3.8) is 0 Å². The third-order valence-corrected chi connectivity index (χ3v) is 3.87. The summed E-state index contributed by atoms with van der Waals surface area (Å²) in [6.45, 7) is 6.86. The predicted octanol–water partition coefficient (Wildman–Crippen LogP) is 1.34. The van der Waals surface area contributed by atoms with E-state index < -0.39 is 0 Å². The third-order valence-electron chi connectivity index (χ3n) is 3.87. The molecule has 0 aliphatic carbocycles. The van der Waals surface area contributed by atoms with Gasteiger partial charge in [-0.2, -0.15) is 5.10 Å². The Bertz CT molecular complexity index is 651. The lowest BCUT2D eigenvalue weighted by Crippen LogP contribution is -2.19. The van der Waals surface area contributed by atoms with Crippen molar-refractivity contribution in [1.29, 1.82) is 0 Å². The molecule has 4 rings (SSSR count). The van der Waals surface area contributed by atoms with Crippen LogP contribution in [0.25, 0.3) is 11.5 Å². The van der Waals surface area contributed by atoms with E-state index in [1.807, 2.05) is 12.4 Å². The molecule has 1 N–H and O–H groups in total. The molecule has 0 atom stereocenters. The van der Waals surface area contributed by atoms with Gasteiger partial charge in [-0.25, -0.2) is 14.6 Å². The molecule has 20 heavy (non-hydrogen) atoms. The molecule has 0 spiro atoms. The molecule has 1 saturated heterocycles. The molecule has 2 aromatic heterocycles. The van der Waals surface area contributed by atoms with Crippen LogP contribution in [0.4, 0.5) is 5.82 Å². The van der Waals surface area contributed by atoms with E-state index >= 15 is 0 Å². The van der Waals surface area contributed by atoms with Crippen LogP contribution in [0.1, 0.15) is 24.1 Å². The fourth-order valence-electron chi connectivity index (χ4n) is 2.74. The van der Waals surface area contributed by atoms with Crippen LogP contribution < -0.4 is 10.2 Å². The number of aromatic nitrogens is 4. The lowest BCUT2D eigenvalue weighted by Gasteiger charge is -2.15. The van der Waals surface area contributed by atoms with Crippen LogP contribution in [-0.4, -0.2) is 32.8 Å². The van der Waals surface area contributed by atoms with Crippen LogP contribution in [0.3, 0.4) is 0 Å². The zero-order valence-electron chi connectivity index (χ0n) is 11.2. The number of hydrogen-bond donors (Lipinski definition) is 1. The van der Waals surface area contributed by atoms with Crippen molar-refractivity contribution in [3.8, 4) is 5.82 Å². The lowest BCUT2D eigenvalue weighted by atomic mass is 10.3. The summed E-state index contributed by atoms with van der Waals surface area (Å²) in [7, 11) is 0. The Labute approximate surface area is 117 Å². The van der Waals surface area contributed by atoms with Crippen molar-refractivity contribution in [3.05, 3.63) is 36.4 Å². The van der Waals surface area contributed by atoms with E-state index in [0.29, 0.717) is 0 Å². The van der Waals surface area contributed by atoms with Crippen LogP contribution in [-0.2, 0) is 6.54 Å². The lowest BCUT2D eigenvalue weighted by molar-refractivity contribution is 0.781. The van der Waals surface area contributed by atoms with Crippen molar-refractivity contribution in [2.75, 3.05) is 18.0 Å². The first-order valence-corrected chi connectivity index (χ1v) is 6.90. The third kappa shape index (κ3) is 1.76. The molecule has 0 aromatic carbocycles. The second-order valence-corrected chi connectivity index (χ2v) is 5.19. The Kier molecular flexibility index (Phi) is 2.48. The molecule has 4 heterocycles. The van der Waals surface area contributed by atoms with E-state index in [1.165, 1.54) is 12.8 Å². The van der Waals surface area contributed by atoms with Gasteiger partial charge in [0.15, 0.2) is 5.82 Å². The standard InChI is InChI=1S/C14H16N6/c1-10-11-9-20(18-12(11)6-15-10)14-8-16-13(7-17-14)19-4-2-3-5-19/h7-9,15H,1-6H2. The van der Waals surface area contributed by atoms with E-state index in [0.717, 1.165) is 48.2 Å². The summed E-state index contributed by atoms with van der Waals surface area (Å²) in [6.07, 6.45) is 8.05. The smallest absolute Gasteiger partial charge is 0.171 e. The van der Waals surface area contributed by atoms with Gasteiger partial charge in [-0.15, -0.1) is 0 Å². The number of hydrogen-bond acceptors (Lipinski definition) is 5. The molecule has 2 aliphatic rings. The summed E-state index contributed by atoms with van der Waals surface area (Å²) in [6, 6.07) is 0. The topological polar surface area (TPSA) is 58.9 Å². The zero-order chi connectivity index (χ0) is 13.5. The van der Waals surface area contributed by atoms with Gasteiger partial charge in [0, 0.05) is 30.5 Å². The van der Waals surface area contributed by atoms with E-state index in [9.17, 15) is 0 Å². The number of nitrogens with zero attached hydrogens (tertiary/aromatic N) is 5. The second-order valence-electron chi connectivity index (χ2n) is 5.19. The minimum Gasteiger partial charge on any atom is -0.379 e. The maximum atomic E-state index is 4.52. The van der Waals surface area contributed by atoms with Crippen LogP contribution in [0.5, 0.6) is 0 Å². The molecule has 2 aromatic rings. The SMILES string of the molecule is C=C1NCc2nn(-c3cnc(N4CCCC4)cn3)cc21. The second kappa shape index (κ2) is 4.33. The first-order chi connectivity index (χ1) is 9.81. The van der Waals surface area contributed by atoms with Gasteiger partial charge in [-0.3, -0.25) is 0 Å². The summed E-state index contributed by atoms with van der Waals surface area (Å²) in [5.41, 5.74) is 3.00. The van der Waals surface area contributed by atoms with Crippen molar-refractivity contribution in [2.45, 2.75) is 19.4 Å². The molecular formula is C14H16N6. The van der Waals surface area contributed by atoms with Crippen LogP contribution in [0, 0.1) is 0 Å². The van der Waals surface area contributed by atoms with Crippen molar-refractivity contribution >= 4 is 11.5 Å². The van der Waals surface area contributed by atoms with Gasteiger partial charge in [0.25, 0.3) is 0 Å². The van der Waals surface area contributed by atoms with Gasteiger partial charge < -0.3 is 10.2 Å². The van der Waals surface area contributed by atoms with E-state index in [-0.39, 0.29) is 0 Å². The molecule has 6 nitrogen and oxygen atoms in total. The van der Waals surface area contributed by atoms with Gasteiger partial charge in [-0.05, 0) is 12.8 Å². The Morgan fingerprint density at radius 2 is 1.85 bits per heavy atom. The van der Waals surface area contributed by atoms with E-state index in [1.54, 1.807) is 10.9 Å². The summed E-state index contributed by atoms with van der Waals surface area (Å²) < 4.78 is 1.78. The van der Waals surface area contributed by atoms with Crippen LogP contribution in [0.2, 0.25) is 0 Å².